The summed E-state index contributed by atoms with van der Waals surface area (Å²) in [5.41, 5.74) is -5.95. The minimum atomic E-state index is -5.75. The summed E-state index contributed by atoms with van der Waals surface area (Å²) in [6.45, 7) is 0. The smallest absolute Gasteiger partial charge is 0.376 e. The summed E-state index contributed by atoms with van der Waals surface area (Å²) in [5.74, 6) is -0.659. The van der Waals surface area contributed by atoms with Crippen molar-refractivity contribution in [1.29, 1.82) is 0 Å². The van der Waals surface area contributed by atoms with Crippen LogP contribution in [0, 0.1) is 13.7 Å². The zero-order valence-corrected chi connectivity index (χ0v) is 14.6. The highest BCUT2D eigenvalue weighted by molar-refractivity contribution is 14.1. The minimum Gasteiger partial charge on any atom is -0.376 e. The molecule has 0 aliphatic heterocycles. The van der Waals surface area contributed by atoms with E-state index < -0.39 is 32.0 Å². The number of nitrogens with zero attached hydrogens (tertiary/aromatic N) is 1. The van der Waals surface area contributed by atoms with Gasteiger partial charge in [-0.1, -0.05) is 18.2 Å². The first-order valence-corrected chi connectivity index (χ1v) is 8.47. The fourth-order valence-corrected chi connectivity index (χ4v) is 2.09. The monoisotopic (exact) mass is 475 g/mol. The van der Waals surface area contributed by atoms with E-state index in [0.29, 0.717) is 0 Å². The van der Waals surface area contributed by atoms with Gasteiger partial charge in [-0.2, -0.15) is 21.6 Å². The third kappa shape index (κ3) is 6.31. The van der Waals surface area contributed by atoms with Crippen molar-refractivity contribution in [3.63, 3.8) is 0 Å². The molecule has 0 radical (unpaired) electrons. The van der Waals surface area contributed by atoms with Gasteiger partial charge in [0, 0.05) is 15.7 Å². The van der Waals surface area contributed by atoms with Crippen molar-refractivity contribution in [1.82, 2.24) is 0 Å². The number of alkyl halides is 3. The van der Waals surface area contributed by atoms with Crippen LogP contribution >= 0.6 is 22.6 Å². The molecule has 0 unspecified atom stereocenters. The van der Waals surface area contributed by atoms with E-state index in [9.17, 15) is 31.7 Å². The molecule has 6 nitrogen and oxygen atoms in total. The fraction of sp³-hybridized carbons (Fsp3) is 0.0769. The molecule has 24 heavy (non-hydrogen) atoms. The summed E-state index contributed by atoms with van der Waals surface area (Å²) in [6, 6.07) is 13.4. The molecule has 0 aliphatic carbocycles. The first-order chi connectivity index (χ1) is 11.0. The average Bonchev–Trinajstić information content (AvgIpc) is 2.47. The summed E-state index contributed by atoms with van der Waals surface area (Å²) in [6.07, 6.45) is 0. The largest absolute Gasteiger partial charge is 0.534 e. The summed E-state index contributed by atoms with van der Waals surface area (Å²) < 4.78 is 61.9. The van der Waals surface area contributed by atoms with Crippen molar-refractivity contribution in [3.8, 4) is 5.75 Å². The maximum atomic E-state index is 11.9. The number of benzene rings is 2. The number of hydrogen-bond acceptors (Lipinski definition) is 5. The van der Waals surface area contributed by atoms with E-state index in [1.165, 1.54) is 3.57 Å². The molecule has 0 aromatic heterocycles. The van der Waals surface area contributed by atoms with Crippen LogP contribution in [-0.2, 0) is 10.1 Å². The SMILES string of the molecule is Ic1ccccc1.O=[N+]([O-])c1ccc(OS(=O)(=O)C(F)(F)F)cc1. The average molecular weight is 475 g/mol. The second kappa shape index (κ2) is 8.28. The zero-order chi connectivity index (χ0) is 18.4. The lowest BCUT2D eigenvalue weighted by molar-refractivity contribution is -0.384. The van der Waals surface area contributed by atoms with Crippen molar-refractivity contribution in [2.45, 2.75) is 5.51 Å². The first kappa shape index (κ1) is 20.2. The maximum absolute atomic E-state index is 11.9. The lowest BCUT2D eigenvalue weighted by atomic mass is 10.3. The summed E-state index contributed by atoms with van der Waals surface area (Å²) in [5, 5.41) is 10.2. The number of rotatable bonds is 3. The Hall–Kier alpha value is -1.89. The Labute approximate surface area is 148 Å². The molecule has 130 valence electrons. The standard InChI is InChI=1S/C7H4F3NO5S.C6H5I/c8-7(9,10)17(14,15)16-6-3-1-5(2-4-6)11(12)13;7-6-4-2-1-3-5-6/h1-4H;1-5H. The highest BCUT2D eigenvalue weighted by Gasteiger charge is 2.48. The maximum Gasteiger partial charge on any atom is 0.534 e. The van der Waals surface area contributed by atoms with Crippen LogP contribution in [0.25, 0.3) is 0 Å². The Morgan fingerprint density at radius 3 is 1.83 bits per heavy atom. The second-order valence-corrected chi connectivity index (χ2v) is 6.81. The molecule has 0 saturated carbocycles. The predicted molar refractivity (Wildman–Crippen MR) is 87.9 cm³/mol. The Kier molecular flexibility index (Phi) is 6.95. The lowest BCUT2D eigenvalue weighted by Crippen LogP contribution is -2.28. The van der Waals surface area contributed by atoms with E-state index in [-0.39, 0.29) is 0 Å². The van der Waals surface area contributed by atoms with E-state index in [0.717, 1.165) is 24.3 Å². The van der Waals surface area contributed by atoms with Crippen LogP contribution in [0.3, 0.4) is 0 Å². The molecule has 0 bridgehead atoms. The van der Waals surface area contributed by atoms with Crippen LogP contribution in [0.15, 0.2) is 54.6 Å². The minimum absolute atomic E-state index is 0.401. The number of non-ortho nitro benzene ring substituents is 1. The van der Waals surface area contributed by atoms with Gasteiger partial charge in [0.25, 0.3) is 5.69 Å². The Bertz CT molecular complexity index is 780. The molecule has 2 aromatic carbocycles. The summed E-state index contributed by atoms with van der Waals surface area (Å²) in [7, 11) is -5.75. The molecule has 2 rings (SSSR count). The summed E-state index contributed by atoms with van der Waals surface area (Å²) in [4.78, 5) is 9.43. The van der Waals surface area contributed by atoms with Gasteiger partial charge in [0.2, 0.25) is 0 Å². The number of nitro benzene ring substituents is 1. The van der Waals surface area contributed by atoms with E-state index >= 15 is 0 Å². The molecule has 0 fully saturated rings. The van der Waals surface area contributed by atoms with Crippen LogP contribution in [0.2, 0.25) is 0 Å². The van der Waals surface area contributed by atoms with Crippen molar-refractivity contribution in [3.05, 3.63) is 68.3 Å². The number of hydrogen-bond donors (Lipinski definition) is 0. The number of nitro groups is 1. The third-order valence-corrected chi connectivity index (χ3v) is 3.97. The van der Waals surface area contributed by atoms with E-state index in [4.69, 9.17) is 0 Å². The molecule has 0 heterocycles. The predicted octanol–water partition coefficient (Wildman–Crippen LogP) is 4.11. The van der Waals surface area contributed by atoms with Gasteiger partial charge in [0.05, 0.1) is 4.92 Å². The summed E-state index contributed by atoms with van der Waals surface area (Å²) >= 11 is 2.28. The first-order valence-electron chi connectivity index (χ1n) is 5.98. The van der Waals surface area contributed by atoms with Crippen LogP contribution in [0.5, 0.6) is 5.75 Å². The van der Waals surface area contributed by atoms with E-state index in [2.05, 4.69) is 38.9 Å². The molecule has 0 aliphatic rings. The molecule has 0 amide bonds. The molecule has 0 atom stereocenters. The highest BCUT2D eigenvalue weighted by atomic mass is 127. The van der Waals surface area contributed by atoms with Gasteiger partial charge < -0.3 is 4.18 Å². The van der Waals surface area contributed by atoms with Crippen molar-refractivity contribution in [2.24, 2.45) is 0 Å². The van der Waals surface area contributed by atoms with Crippen molar-refractivity contribution < 1.29 is 30.7 Å². The van der Waals surface area contributed by atoms with E-state index in [1.54, 1.807) is 0 Å². The molecule has 0 spiro atoms. The highest BCUT2D eigenvalue weighted by Crippen LogP contribution is 2.27. The van der Waals surface area contributed by atoms with Gasteiger partial charge >= 0.3 is 15.6 Å². The third-order valence-electron chi connectivity index (χ3n) is 2.27. The van der Waals surface area contributed by atoms with Gasteiger partial charge in [-0.3, -0.25) is 10.1 Å². The van der Waals surface area contributed by atoms with Gasteiger partial charge in [0.1, 0.15) is 5.75 Å². The van der Waals surface area contributed by atoms with Crippen molar-refractivity contribution >= 4 is 38.4 Å². The molecular weight excluding hydrogens is 466 g/mol. The molecule has 0 saturated heterocycles. The fourth-order valence-electron chi connectivity index (χ4n) is 1.21. The van der Waals surface area contributed by atoms with Gasteiger partial charge in [-0.05, 0) is 46.9 Å². The topological polar surface area (TPSA) is 86.5 Å². The van der Waals surface area contributed by atoms with Crippen LogP contribution < -0.4 is 4.18 Å². The van der Waals surface area contributed by atoms with E-state index in [1.807, 2.05) is 18.2 Å². The lowest BCUT2D eigenvalue weighted by Gasteiger charge is -2.08. The van der Waals surface area contributed by atoms with Crippen molar-refractivity contribution in [2.75, 3.05) is 0 Å². The normalized spacial score (nSPS) is 11.2. The Morgan fingerprint density at radius 1 is 1.00 bits per heavy atom. The van der Waals surface area contributed by atoms with Gasteiger partial charge in [-0.25, -0.2) is 0 Å². The van der Waals surface area contributed by atoms with Gasteiger partial charge in [-0.15, -0.1) is 0 Å². The number of halogens is 4. The van der Waals surface area contributed by atoms with Crippen LogP contribution in [0.1, 0.15) is 0 Å². The molecule has 2 aromatic rings. The van der Waals surface area contributed by atoms with Gasteiger partial charge in [0.15, 0.2) is 0 Å². The molecule has 11 heteroatoms. The second-order valence-electron chi connectivity index (χ2n) is 4.03. The Morgan fingerprint density at radius 2 is 1.50 bits per heavy atom. The Balaban J connectivity index is 0.000000341. The molecular formula is C13H9F3INO5S. The molecule has 0 N–H and O–H groups in total. The zero-order valence-electron chi connectivity index (χ0n) is 11.6. The quantitative estimate of drug-likeness (QED) is 0.219. The van der Waals surface area contributed by atoms with Crippen LogP contribution in [-0.4, -0.2) is 18.8 Å². The van der Waals surface area contributed by atoms with Crippen LogP contribution in [0.4, 0.5) is 18.9 Å².